The first kappa shape index (κ1) is 26.7. The van der Waals surface area contributed by atoms with E-state index in [1.54, 1.807) is 39.0 Å². The maximum absolute atomic E-state index is 11.6. The molecule has 0 unspecified atom stereocenters. The summed E-state index contributed by atoms with van der Waals surface area (Å²) in [7, 11) is 0. The average Bonchev–Trinajstić information content (AvgIpc) is 2.60. The van der Waals surface area contributed by atoms with Gasteiger partial charge in [0.1, 0.15) is 11.3 Å². The van der Waals surface area contributed by atoms with Crippen LogP contribution in [0.25, 0.3) is 0 Å². The van der Waals surface area contributed by atoms with E-state index in [0.29, 0.717) is 44.4 Å². The average molecular weight is 522 g/mol. The minimum absolute atomic E-state index is 0. The zero-order valence-electron chi connectivity index (χ0n) is 17.3. The van der Waals surface area contributed by atoms with Crippen LogP contribution in [0.5, 0.6) is 0 Å². The summed E-state index contributed by atoms with van der Waals surface area (Å²) in [6, 6.07) is 6.48. The van der Waals surface area contributed by atoms with Crippen LogP contribution in [0.15, 0.2) is 29.3 Å². The molecule has 0 aliphatic carbocycles. The van der Waals surface area contributed by atoms with E-state index in [1.165, 1.54) is 6.07 Å². The number of nitrogens with zero attached hydrogens (tertiary/aromatic N) is 2. The van der Waals surface area contributed by atoms with Crippen molar-refractivity contribution in [1.82, 2.24) is 16.0 Å². The highest BCUT2D eigenvalue weighted by Crippen LogP contribution is 2.22. The third-order valence-corrected chi connectivity index (χ3v) is 3.23. The van der Waals surface area contributed by atoms with Crippen molar-refractivity contribution in [3.63, 3.8) is 0 Å². The number of halogens is 1. The first-order valence-electron chi connectivity index (χ1n) is 9.19. The third-order valence-electron chi connectivity index (χ3n) is 3.23. The van der Waals surface area contributed by atoms with Gasteiger partial charge in [-0.3, -0.25) is 15.1 Å². The predicted molar refractivity (Wildman–Crippen MR) is 125 cm³/mol. The number of benzene rings is 1. The molecule has 0 fully saturated rings. The molecule has 1 amide bonds. The Labute approximate surface area is 188 Å². The summed E-state index contributed by atoms with van der Waals surface area (Å²) >= 11 is 0. The largest absolute Gasteiger partial charge is 0.444 e. The molecule has 1 aromatic carbocycles. The second-order valence-electron chi connectivity index (χ2n) is 6.82. The fourth-order valence-electron chi connectivity index (χ4n) is 2.14. The lowest BCUT2D eigenvalue weighted by Crippen LogP contribution is -2.42. The Hall–Kier alpha value is -2.31. The highest BCUT2D eigenvalue weighted by molar-refractivity contribution is 14.0. The van der Waals surface area contributed by atoms with Gasteiger partial charge in [-0.25, -0.2) is 4.79 Å². The van der Waals surface area contributed by atoms with Gasteiger partial charge < -0.3 is 26.0 Å². The van der Waals surface area contributed by atoms with Gasteiger partial charge in [-0.1, -0.05) is 12.1 Å². The maximum Gasteiger partial charge on any atom is 0.407 e. The van der Waals surface area contributed by atoms with Gasteiger partial charge >= 0.3 is 6.09 Å². The second kappa shape index (κ2) is 13.8. The molecule has 0 saturated carbocycles. The van der Waals surface area contributed by atoms with E-state index in [2.05, 4.69) is 26.3 Å². The summed E-state index contributed by atoms with van der Waals surface area (Å²) in [6.07, 6.45) is -0.468. The highest BCUT2D eigenvalue weighted by atomic mass is 127. The summed E-state index contributed by atoms with van der Waals surface area (Å²) in [6.45, 7) is 9.76. The molecule has 11 heteroatoms. The fourth-order valence-corrected chi connectivity index (χ4v) is 2.14. The van der Waals surface area contributed by atoms with Crippen molar-refractivity contribution in [3.05, 3.63) is 34.4 Å². The van der Waals surface area contributed by atoms with E-state index in [-0.39, 0.29) is 29.7 Å². The van der Waals surface area contributed by atoms with Crippen LogP contribution in [0.1, 0.15) is 27.7 Å². The molecular weight excluding hydrogens is 491 g/mol. The topological polar surface area (TPSA) is 130 Å². The van der Waals surface area contributed by atoms with Crippen LogP contribution in [0.2, 0.25) is 0 Å². The quantitative estimate of drug-likeness (QED) is 0.0980. The lowest BCUT2D eigenvalue weighted by atomic mass is 10.2. The zero-order valence-corrected chi connectivity index (χ0v) is 19.6. The van der Waals surface area contributed by atoms with Crippen LogP contribution >= 0.6 is 24.0 Å². The zero-order chi connectivity index (χ0) is 21.0. The van der Waals surface area contributed by atoms with Gasteiger partial charge in [-0.2, -0.15) is 0 Å². The fraction of sp³-hybridized carbons (Fsp3) is 0.556. The lowest BCUT2D eigenvalue weighted by molar-refractivity contribution is -0.384. The van der Waals surface area contributed by atoms with Gasteiger partial charge in [0, 0.05) is 32.2 Å². The summed E-state index contributed by atoms with van der Waals surface area (Å²) < 4.78 is 5.16. The molecule has 164 valence electrons. The van der Waals surface area contributed by atoms with Crippen LogP contribution in [0, 0.1) is 10.1 Å². The van der Waals surface area contributed by atoms with Crippen molar-refractivity contribution >= 4 is 47.4 Å². The van der Waals surface area contributed by atoms with Crippen molar-refractivity contribution in [1.29, 1.82) is 0 Å². The molecule has 0 aliphatic heterocycles. The molecule has 0 bridgehead atoms. The van der Waals surface area contributed by atoms with E-state index in [1.807, 2.05) is 6.92 Å². The van der Waals surface area contributed by atoms with Crippen molar-refractivity contribution in [2.75, 3.05) is 38.0 Å². The van der Waals surface area contributed by atoms with Crippen LogP contribution in [0.4, 0.5) is 16.2 Å². The number of hydrogen-bond donors (Lipinski definition) is 4. The summed E-state index contributed by atoms with van der Waals surface area (Å²) in [4.78, 5) is 26.6. The number of alkyl carbamates (subject to hydrolysis) is 1. The Balaban J connectivity index is 0.00000784. The Morgan fingerprint density at radius 1 is 1.14 bits per heavy atom. The van der Waals surface area contributed by atoms with Crippen molar-refractivity contribution in [3.8, 4) is 0 Å². The van der Waals surface area contributed by atoms with Crippen LogP contribution in [0.3, 0.4) is 0 Å². The lowest BCUT2D eigenvalue weighted by Gasteiger charge is -2.19. The van der Waals surface area contributed by atoms with E-state index < -0.39 is 16.6 Å². The summed E-state index contributed by atoms with van der Waals surface area (Å²) in [5.41, 5.74) is -0.0405. The number of anilines is 1. The number of para-hydroxylation sites is 2. The van der Waals surface area contributed by atoms with Gasteiger partial charge in [0.15, 0.2) is 5.96 Å². The number of carbonyl (C=O) groups excluding carboxylic acids is 1. The number of nitro benzene ring substituents is 1. The molecule has 1 rings (SSSR count). The van der Waals surface area contributed by atoms with E-state index >= 15 is 0 Å². The standard InChI is InChI=1S/C18H30N6O4.HI/c1-5-19-16(22-12-13-23-17(25)28-18(2,3)4)21-11-10-20-14-8-6-7-9-15(14)24(26)27;/h6-9,20H,5,10-13H2,1-4H3,(H,23,25)(H2,19,21,22);1H. The highest BCUT2D eigenvalue weighted by Gasteiger charge is 2.15. The Bertz CT molecular complexity index is 679. The number of aliphatic imine (C=N–C) groups is 1. The molecule has 0 aliphatic rings. The molecular formula is C18H31IN6O4. The SMILES string of the molecule is CCNC(=NCCNc1ccccc1[N+](=O)[O-])NCCNC(=O)OC(C)(C)C.I. The van der Waals surface area contributed by atoms with Crippen molar-refractivity contribution in [2.45, 2.75) is 33.3 Å². The predicted octanol–water partition coefficient (Wildman–Crippen LogP) is 2.70. The number of ether oxygens (including phenoxy) is 1. The number of nitro groups is 1. The second-order valence-corrected chi connectivity index (χ2v) is 6.82. The molecule has 0 radical (unpaired) electrons. The van der Waals surface area contributed by atoms with Gasteiger partial charge in [0.25, 0.3) is 5.69 Å². The molecule has 0 heterocycles. The van der Waals surface area contributed by atoms with E-state index in [9.17, 15) is 14.9 Å². The number of amides is 1. The van der Waals surface area contributed by atoms with Crippen LogP contribution < -0.4 is 21.3 Å². The minimum atomic E-state index is -0.533. The molecule has 1 aromatic rings. The van der Waals surface area contributed by atoms with Gasteiger partial charge in [0.2, 0.25) is 0 Å². The molecule has 0 saturated heterocycles. The monoisotopic (exact) mass is 522 g/mol. The van der Waals surface area contributed by atoms with Crippen LogP contribution in [-0.4, -0.2) is 55.3 Å². The molecule has 0 spiro atoms. The Morgan fingerprint density at radius 3 is 2.41 bits per heavy atom. The number of guanidine groups is 1. The summed E-state index contributed by atoms with van der Waals surface area (Å²) in [5.74, 6) is 0.595. The first-order valence-corrected chi connectivity index (χ1v) is 9.19. The number of hydrogen-bond acceptors (Lipinski definition) is 6. The van der Waals surface area contributed by atoms with Gasteiger partial charge in [0.05, 0.1) is 11.5 Å². The van der Waals surface area contributed by atoms with E-state index in [4.69, 9.17) is 4.74 Å². The van der Waals surface area contributed by atoms with Crippen LogP contribution in [-0.2, 0) is 4.74 Å². The van der Waals surface area contributed by atoms with Crippen molar-refractivity contribution in [2.24, 2.45) is 4.99 Å². The maximum atomic E-state index is 11.6. The van der Waals surface area contributed by atoms with Crippen molar-refractivity contribution < 1.29 is 14.5 Å². The third kappa shape index (κ3) is 12.0. The Kier molecular flexibility index (Phi) is 12.7. The Morgan fingerprint density at radius 2 is 1.79 bits per heavy atom. The van der Waals surface area contributed by atoms with E-state index in [0.717, 1.165) is 0 Å². The van der Waals surface area contributed by atoms with Gasteiger partial charge in [-0.15, -0.1) is 24.0 Å². The number of carbonyl (C=O) groups is 1. The van der Waals surface area contributed by atoms with Gasteiger partial charge in [-0.05, 0) is 33.8 Å². The first-order chi connectivity index (χ1) is 13.2. The normalized spacial score (nSPS) is 11.1. The molecule has 0 aromatic heterocycles. The number of rotatable bonds is 9. The molecule has 29 heavy (non-hydrogen) atoms. The number of nitrogens with one attached hydrogen (secondary N) is 4. The smallest absolute Gasteiger partial charge is 0.407 e. The summed E-state index contributed by atoms with van der Waals surface area (Å²) in [5, 5.41) is 22.9. The minimum Gasteiger partial charge on any atom is -0.444 e. The molecule has 4 N–H and O–H groups in total. The molecule has 0 atom stereocenters. The molecule has 10 nitrogen and oxygen atoms in total.